The Morgan fingerprint density at radius 2 is 1.92 bits per heavy atom. The van der Waals surface area contributed by atoms with Crippen molar-refractivity contribution in [3.63, 3.8) is 0 Å². The predicted molar refractivity (Wildman–Crippen MR) is 101 cm³/mol. The lowest BCUT2D eigenvalue weighted by Crippen LogP contribution is -2.53. The van der Waals surface area contributed by atoms with E-state index in [1.54, 1.807) is 0 Å². The Kier molecular flexibility index (Phi) is 6.10. The summed E-state index contributed by atoms with van der Waals surface area (Å²) in [5, 5.41) is 0. The summed E-state index contributed by atoms with van der Waals surface area (Å²) in [5.74, 6) is 0.848. The molecule has 3 heterocycles. The third kappa shape index (κ3) is 4.33. The maximum absolute atomic E-state index is 13.0. The van der Waals surface area contributed by atoms with Crippen LogP contribution in [0.5, 0.6) is 0 Å². The number of rotatable bonds is 4. The third-order valence-electron chi connectivity index (χ3n) is 6.31. The molecule has 6 nitrogen and oxygen atoms in total. The normalized spacial score (nSPS) is 27.1. The molecule has 3 rings (SSSR count). The molecule has 6 heteroatoms. The van der Waals surface area contributed by atoms with Crippen molar-refractivity contribution in [2.45, 2.75) is 70.4 Å². The first kappa shape index (κ1) is 19.5. The number of amides is 2. The zero-order chi connectivity index (χ0) is 18.7. The molecule has 3 fully saturated rings. The van der Waals surface area contributed by atoms with E-state index in [0.717, 1.165) is 45.2 Å². The van der Waals surface area contributed by atoms with Crippen LogP contribution in [0.3, 0.4) is 0 Å². The zero-order valence-corrected chi connectivity index (χ0v) is 16.7. The first-order valence-corrected chi connectivity index (χ1v) is 10.4. The van der Waals surface area contributed by atoms with E-state index in [9.17, 15) is 9.59 Å². The fraction of sp³-hybridized carbons (Fsp3) is 0.900. The van der Waals surface area contributed by atoms with Crippen molar-refractivity contribution in [1.82, 2.24) is 14.7 Å². The number of hydrogen-bond acceptors (Lipinski definition) is 4. The van der Waals surface area contributed by atoms with E-state index < -0.39 is 0 Å². The molecular formula is C20H35N3O3. The van der Waals surface area contributed by atoms with Gasteiger partial charge in [0.25, 0.3) is 0 Å². The van der Waals surface area contributed by atoms with Gasteiger partial charge in [-0.25, -0.2) is 4.79 Å². The van der Waals surface area contributed by atoms with Gasteiger partial charge in [0.05, 0.1) is 12.6 Å². The average Bonchev–Trinajstić information content (AvgIpc) is 2.76. The van der Waals surface area contributed by atoms with Crippen molar-refractivity contribution in [2.24, 2.45) is 5.92 Å². The zero-order valence-electron chi connectivity index (χ0n) is 16.7. The Labute approximate surface area is 157 Å². The van der Waals surface area contributed by atoms with Crippen molar-refractivity contribution < 1.29 is 14.3 Å². The topological polar surface area (TPSA) is 53.1 Å². The molecule has 3 saturated heterocycles. The summed E-state index contributed by atoms with van der Waals surface area (Å²) in [7, 11) is 2.07. The maximum Gasteiger partial charge on any atom is 0.410 e. The second kappa shape index (κ2) is 8.15. The quantitative estimate of drug-likeness (QED) is 0.769. The summed E-state index contributed by atoms with van der Waals surface area (Å²) < 4.78 is 5.79. The van der Waals surface area contributed by atoms with Gasteiger partial charge in [-0.05, 0) is 38.8 Å². The number of carbonyl (C=O) groups excluding carboxylic acids is 2. The molecule has 0 aliphatic carbocycles. The van der Waals surface area contributed by atoms with Gasteiger partial charge < -0.3 is 14.5 Å². The first-order valence-electron chi connectivity index (χ1n) is 10.4. The van der Waals surface area contributed by atoms with Crippen molar-refractivity contribution in [3.8, 4) is 0 Å². The second-order valence-corrected chi connectivity index (χ2v) is 8.83. The Morgan fingerprint density at radius 1 is 1.19 bits per heavy atom. The van der Waals surface area contributed by atoms with Crippen LogP contribution in [0, 0.1) is 5.92 Å². The average molecular weight is 366 g/mol. The molecule has 1 atom stereocenters. The molecule has 0 radical (unpaired) electrons. The smallest absolute Gasteiger partial charge is 0.410 e. The van der Waals surface area contributed by atoms with Crippen LogP contribution in [0.4, 0.5) is 4.79 Å². The van der Waals surface area contributed by atoms with Crippen molar-refractivity contribution in [1.29, 1.82) is 0 Å². The lowest BCUT2D eigenvalue weighted by atomic mass is 9.90. The molecule has 0 saturated carbocycles. The number of carbonyl (C=O) groups is 2. The van der Waals surface area contributed by atoms with E-state index in [1.807, 2.05) is 9.80 Å². The highest BCUT2D eigenvalue weighted by Gasteiger charge is 2.47. The number of likely N-dealkylation sites (N-methyl/N-ethyl adjacent to an activating group) is 1. The van der Waals surface area contributed by atoms with Crippen LogP contribution < -0.4 is 0 Å². The standard InChI is InChI=1S/C20H35N3O3/c1-16(2)8-12-23-15-20(26-19(23)25)9-13-22(14-10-20)18(24)17-7-5-4-6-11-21(17)3/h16-17H,4-15H2,1-3H3/t17-/m1/s1. The van der Waals surface area contributed by atoms with Gasteiger partial charge in [-0.1, -0.05) is 26.7 Å². The van der Waals surface area contributed by atoms with Crippen LogP contribution >= 0.6 is 0 Å². The lowest BCUT2D eigenvalue weighted by Gasteiger charge is -2.39. The number of ether oxygens (including phenoxy) is 1. The Bertz CT molecular complexity index is 514. The molecule has 1 spiro atoms. The number of nitrogens with zero attached hydrogens (tertiary/aromatic N) is 3. The summed E-state index contributed by atoms with van der Waals surface area (Å²) in [4.78, 5) is 31.3. The maximum atomic E-state index is 13.0. The molecule has 0 unspecified atom stereocenters. The summed E-state index contributed by atoms with van der Waals surface area (Å²) >= 11 is 0. The molecule has 0 bridgehead atoms. The van der Waals surface area contributed by atoms with Crippen LogP contribution in [0.25, 0.3) is 0 Å². The highest BCUT2D eigenvalue weighted by atomic mass is 16.6. The van der Waals surface area contributed by atoms with E-state index in [1.165, 1.54) is 12.8 Å². The van der Waals surface area contributed by atoms with Crippen molar-refractivity contribution in [3.05, 3.63) is 0 Å². The highest BCUT2D eigenvalue weighted by Crippen LogP contribution is 2.34. The molecule has 0 aromatic heterocycles. The van der Waals surface area contributed by atoms with Gasteiger partial charge in [0.2, 0.25) is 5.91 Å². The van der Waals surface area contributed by atoms with Gasteiger partial charge in [0.15, 0.2) is 0 Å². The minimum Gasteiger partial charge on any atom is -0.441 e. The van der Waals surface area contributed by atoms with Gasteiger partial charge in [-0.3, -0.25) is 9.69 Å². The number of hydrogen-bond donors (Lipinski definition) is 0. The van der Waals surface area contributed by atoms with E-state index in [0.29, 0.717) is 25.6 Å². The third-order valence-corrected chi connectivity index (χ3v) is 6.31. The first-order chi connectivity index (χ1) is 12.4. The minimum absolute atomic E-state index is 0.0280. The van der Waals surface area contributed by atoms with Crippen LogP contribution in [0.15, 0.2) is 0 Å². The summed E-state index contributed by atoms with van der Waals surface area (Å²) in [5.41, 5.74) is -0.375. The Morgan fingerprint density at radius 3 is 2.62 bits per heavy atom. The predicted octanol–water partition coefficient (Wildman–Crippen LogP) is 2.72. The second-order valence-electron chi connectivity index (χ2n) is 8.83. The Balaban J connectivity index is 1.54. The SMILES string of the molecule is CC(C)CCN1CC2(CCN(C(=O)[C@H]3CCCCCN3C)CC2)OC1=O. The summed E-state index contributed by atoms with van der Waals surface area (Å²) in [6.07, 6.45) is 6.87. The van der Waals surface area contributed by atoms with Gasteiger partial charge >= 0.3 is 6.09 Å². The molecule has 148 valence electrons. The number of likely N-dealkylation sites (tertiary alicyclic amines) is 2. The minimum atomic E-state index is -0.375. The van der Waals surface area contributed by atoms with Crippen molar-refractivity contribution in [2.75, 3.05) is 39.8 Å². The van der Waals surface area contributed by atoms with Crippen molar-refractivity contribution >= 4 is 12.0 Å². The molecule has 0 aromatic carbocycles. The van der Waals surface area contributed by atoms with E-state index in [4.69, 9.17) is 4.74 Å². The fourth-order valence-corrected chi connectivity index (χ4v) is 4.45. The molecule has 3 aliphatic rings. The van der Waals surface area contributed by atoms with Crippen LogP contribution in [-0.4, -0.2) is 78.1 Å². The van der Waals surface area contributed by atoms with Gasteiger partial charge in [0.1, 0.15) is 5.60 Å². The molecule has 3 aliphatic heterocycles. The lowest BCUT2D eigenvalue weighted by molar-refractivity contribution is -0.140. The molecule has 0 N–H and O–H groups in total. The largest absolute Gasteiger partial charge is 0.441 e. The van der Waals surface area contributed by atoms with Gasteiger partial charge in [0, 0.05) is 32.5 Å². The molecular weight excluding hydrogens is 330 g/mol. The van der Waals surface area contributed by atoms with E-state index in [2.05, 4.69) is 25.8 Å². The van der Waals surface area contributed by atoms with Crippen LogP contribution in [0.2, 0.25) is 0 Å². The van der Waals surface area contributed by atoms with Crippen LogP contribution in [-0.2, 0) is 9.53 Å². The Hall–Kier alpha value is -1.30. The van der Waals surface area contributed by atoms with Gasteiger partial charge in [-0.2, -0.15) is 0 Å². The van der Waals surface area contributed by atoms with Crippen LogP contribution in [0.1, 0.15) is 58.8 Å². The monoisotopic (exact) mass is 365 g/mol. The molecule has 2 amide bonds. The molecule has 0 aromatic rings. The van der Waals surface area contributed by atoms with E-state index in [-0.39, 0.29) is 23.6 Å². The van der Waals surface area contributed by atoms with E-state index >= 15 is 0 Å². The fourth-order valence-electron chi connectivity index (χ4n) is 4.45. The summed E-state index contributed by atoms with van der Waals surface area (Å²) in [6, 6.07) is 0.0280. The number of piperidine rings is 1. The molecule has 26 heavy (non-hydrogen) atoms. The van der Waals surface area contributed by atoms with Gasteiger partial charge in [-0.15, -0.1) is 0 Å². The summed E-state index contributed by atoms with van der Waals surface area (Å²) in [6.45, 7) is 8.22. The highest BCUT2D eigenvalue weighted by molar-refractivity contribution is 5.82.